The highest BCUT2D eigenvalue weighted by Crippen LogP contribution is 2.33. The second-order valence-electron chi connectivity index (χ2n) is 7.21. The van der Waals surface area contributed by atoms with E-state index in [0.29, 0.717) is 6.61 Å². The summed E-state index contributed by atoms with van der Waals surface area (Å²) in [6, 6.07) is 13.6. The van der Waals surface area contributed by atoms with Crippen LogP contribution in [0.25, 0.3) is 6.08 Å². The summed E-state index contributed by atoms with van der Waals surface area (Å²) in [4.78, 5) is 14.4. The van der Waals surface area contributed by atoms with Crippen molar-refractivity contribution in [2.24, 2.45) is 0 Å². The quantitative estimate of drug-likeness (QED) is 0.769. The number of carbonyl (C=O) groups excluding carboxylic acids is 1. The van der Waals surface area contributed by atoms with Gasteiger partial charge in [0.1, 0.15) is 12.6 Å². The van der Waals surface area contributed by atoms with Gasteiger partial charge in [-0.25, -0.2) is 0 Å². The van der Waals surface area contributed by atoms with Crippen molar-refractivity contribution in [3.05, 3.63) is 76.4 Å². The molecule has 0 aliphatic carbocycles. The number of benzene rings is 2. The Kier molecular flexibility index (Phi) is 6.27. The fourth-order valence-corrected chi connectivity index (χ4v) is 4.06. The van der Waals surface area contributed by atoms with Gasteiger partial charge < -0.3 is 9.84 Å². The summed E-state index contributed by atoms with van der Waals surface area (Å²) in [6.07, 6.45) is 2.50. The molecule has 1 aliphatic heterocycles. The molecule has 0 aromatic heterocycles. The Morgan fingerprint density at radius 2 is 1.89 bits per heavy atom. The van der Waals surface area contributed by atoms with Gasteiger partial charge in [-0.1, -0.05) is 60.2 Å². The lowest BCUT2D eigenvalue weighted by molar-refractivity contribution is -0.129. The third-order valence-corrected chi connectivity index (χ3v) is 5.22. The summed E-state index contributed by atoms with van der Waals surface area (Å²) in [6.45, 7) is 6.47. The summed E-state index contributed by atoms with van der Waals surface area (Å²) >= 11 is 5.28. The van der Waals surface area contributed by atoms with Crippen LogP contribution in [0.2, 0.25) is 0 Å². The molecule has 146 valence electrons. The van der Waals surface area contributed by atoms with Crippen molar-refractivity contribution in [1.82, 2.24) is 4.90 Å². The van der Waals surface area contributed by atoms with E-state index in [0.717, 1.165) is 22.3 Å². The molecule has 1 fully saturated rings. The van der Waals surface area contributed by atoms with Crippen LogP contribution in [-0.4, -0.2) is 33.8 Å². The highest BCUT2D eigenvalue weighted by molar-refractivity contribution is 7.80. The fourth-order valence-electron chi connectivity index (χ4n) is 3.76. The first-order valence-corrected chi connectivity index (χ1v) is 9.75. The van der Waals surface area contributed by atoms with E-state index in [4.69, 9.17) is 17.0 Å². The zero-order valence-electron chi connectivity index (χ0n) is 16.4. The number of thiocarbonyl (C=S) groups is 1. The van der Waals surface area contributed by atoms with Crippen LogP contribution in [0.1, 0.15) is 40.3 Å². The molecule has 3 rings (SSSR count). The lowest BCUT2D eigenvalue weighted by Crippen LogP contribution is -2.36. The fraction of sp³-hybridized carbons (Fsp3) is 0.304. The summed E-state index contributed by atoms with van der Waals surface area (Å²) in [5, 5.41) is 10.5. The van der Waals surface area contributed by atoms with Crippen LogP contribution in [0, 0.1) is 20.8 Å². The first-order chi connectivity index (χ1) is 13.4. The minimum atomic E-state index is -0.892. The monoisotopic (exact) mass is 395 g/mol. The van der Waals surface area contributed by atoms with Crippen molar-refractivity contribution >= 4 is 29.4 Å². The van der Waals surface area contributed by atoms with Gasteiger partial charge in [0.15, 0.2) is 0 Å². The molecular weight excluding hydrogens is 370 g/mol. The lowest BCUT2D eigenvalue weighted by atomic mass is 9.93. The normalized spacial score (nSPS) is 17.8. The van der Waals surface area contributed by atoms with Gasteiger partial charge in [-0.05, 0) is 55.2 Å². The summed E-state index contributed by atoms with van der Waals surface area (Å²) in [5.74, 6) is -0.239. The van der Waals surface area contributed by atoms with Gasteiger partial charge in [-0.15, -0.1) is 0 Å². The number of nitrogens with zero attached hydrogens (tertiary/aromatic N) is 1. The van der Waals surface area contributed by atoms with Gasteiger partial charge in [-0.2, -0.15) is 0 Å². The molecule has 0 saturated carbocycles. The molecule has 1 heterocycles. The number of rotatable bonds is 5. The molecule has 0 unspecified atom stereocenters. The Hall–Kier alpha value is -2.50. The Morgan fingerprint density at radius 1 is 1.25 bits per heavy atom. The standard InChI is InChI=1S/C23H25NO3S/c1-15-11-16(2)22(17(3)12-15)20-14-27-23(28)24(20)21(26)13-19(25)10-9-18-7-5-4-6-8-18/h4-12,19-20,25H,13-14H2,1-3H3/b10-9+/t19-,20+/m1/s1. The molecule has 1 saturated heterocycles. The Labute approximate surface area is 171 Å². The van der Waals surface area contributed by atoms with Crippen molar-refractivity contribution in [3.8, 4) is 0 Å². The molecule has 2 aromatic rings. The maximum absolute atomic E-state index is 12.9. The van der Waals surface area contributed by atoms with Crippen molar-refractivity contribution in [2.75, 3.05) is 6.61 Å². The van der Waals surface area contributed by atoms with Gasteiger partial charge in [0.25, 0.3) is 5.17 Å². The van der Waals surface area contributed by atoms with E-state index in [-0.39, 0.29) is 23.5 Å². The molecule has 1 amide bonds. The third kappa shape index (κ3) is 4.49. The summed E-state index contributed by atoms with van der Waals surface area (Å²) < 4.78 is 5.54. The van der Waals surface area contributed by atoms with Gasteiger partial charge in [0.05, 0.1) is 12.5 Å². The maximum atomic E-state index is 12.9. The lowest BCUT2D eigenvalue weighted by Gasteiger charge is -2.25. The zero-order chi connectivity index (χ0) is 20.3. The highest BCUT2D eigenvalue weighted by atomic mass is 32.1. The molecule has 2 atom stereocenters. The second-order valence-corrected chi connectivity index (χ2v) is 7.56. The molecule has 0 radical (unpaired) electrons. The minimum Gasteiger partial charge on any atom is -0.468 e. The van der Waals surface area contributed by atoms with E-state index < -0.39 is 6.10 Å². The molecule has 4 nitrogen and oxygen atoms in total. The first kappa shape index (κ1) is 20.2. The van der Waals surface area contributed by atoms with E-state index in [1.807, 2.05) is 50.3 Å². The van der Waals surface area contributed by atoms with Crippen LogP contribution in [-0.2, 0) is 9.53 Å². The van der Waals surface area contributed by atoms with E-state index >= 15 is 0 Å². The average molecular weight is 396 g/mol. The second kappa shape index (κ2) is 8.67. The number of carbonyl (C=O) groups is 1. The number of amides is 1. The van der Waals surface area contributed by atoms with Crippen LogP contribution in [0.15, 0.2) is 48.5 Å². The molecule has 1 aliphatic rings. The van der Waals surface area contributed by atoms with Gasteiger partial charge in [-0.3, -0.25) is 9.69 Å². The SMILES string of the molecule is Cc1cc(C)c([C@@H]2COC(=S)N2C(=O)C[C@H](O)/C=C/c2ccccc2)c(C)c1. The molecule has 2 aromatic carbocycles. The summed E-state index contributed by atoms with van der Waals surface area (Å²) in [7, 11) is 0. The highest BCUT2D eigenvalue weighted by Gasteiger charge is 2.37. The van der Waals surface area contributed by atoms with Crippen molar-refractivity contribution in [3.63, 3.8) is 0 Å². The van der Waals surface area contributed by atoms with Crippen molar-refractivity contribution < 1.29 is 14.6 Å². The van der Waals surface area contributed by atoms with Crippen molar-refractivity contribution in [2.45, 2.75) is 39.3 Å². The van der Waals surface area contributed by atoms with Gasteiger partial charge in [0, 0.05) is 0 Å². The van der Waals surface area contributed by atoms with Crippen LogP contribution in [0.4, 0.5) is 0 Å². The smallest absolute Gasteiger partial charge is 0.266 e. The number of aryl methyl sites for hydroxylation is 3. The molecule has 1 N–H and O–H groups in total. The number of ether oxygens (including phenoxy) is 1. The number of hydrogen-bond acceptors (Lipinski definition) is 4. The minimum absolute atomic E-state index is 0.0483. The number of hydrogen-bond donors (Lipinski definition) is 1. The van der Waals surface area contributed by atoms with Gasteiger partial charge in [0.2, 0.25) is 5.91 Å². The zero-order valence-corrected chi connectivity index (χ0v) is 17.2. The van der Waals surface area contributed by atoms with E-state index in [1.54, 1.807) is 6.08 Å². The van der Waals surface area contributed by atoms with Crippen LogP contribution >= 0.6 is 12.2 Å². The predicted molar refractivity (Wildman–Crippen MR) is 115 cm³/mol. The Morgan fingerprint density at radius 3 is 2.54 bits per heavy atom. The largest absolute Gasteiger partial charge is 0.468 e. The number of aliphatic hydroxyl groups excluding tert-OH is 1. The molecule has 0 spiro atoms. The van der Waals surface area contributed by atoms with E-state index in [9.17, 15) is 9.90 Å². The Balaban J connectivity index is 1.76. The predicted octanol–water partition coefficient (Wildman–Crippen LogP) is 4.26. The summed E-state index contributed by atoms with van der Waals surface area (Å²) in [5.41, 5.74) is 5.43. The molecule has 5 heteroatoms. The molecular formula is C23H25NO3S. The maximum Gasteiger partial charge on any atom is 0.266 e. The molecule has 0 bridgehead atoms. The van der Waals surface area contributed by atoms with E-state index in [2.05, 4.69) is 19.1 Å². The average Bonchev–Trinajstić information content (AvgIpc) is 3.01. The van der Waals surface area contributed by atoms with Crippen LogP contribution in [0.3, 0.4) is 0 Å². The topological polar surface area (TPSA) is 49.8 Å². The first-order valence-electron chi connectivity index (χ1n) is 9.34. The number of aliphatic hydroxyl groups is 1. The van der Waals surface area contributed by atoms with Crippen LogP contribution < -0.4 is 0 Å². The van der Waals surface area contributed by atoms with Gasteiger partial charge >= 0.3 is 0 Å². The van der Waals surface area contributed by atoms with E-state index in [1.165, 1.54) is 10.5 Å². The van der Waals surface area contributed by atoms with Crippen LogP contribution in [0.5, 0.6) is 0 Å². The third-order valence-electron chi connectivity index (χ3n) is 4.91. The Bertz CT molecular complexity index is 884. The molecule has 28 heavy (non-hydrogen) atoms. The van der Waals surface area contributed by atoms with Crippen molar-refractivity contribution in [1.29, 1.82) is 0 Å².